The summed E-state index contributed by atoms with van der Waals surface area (Å²) >= 11 is 5.34. The van der Waals surface area contributed by atoms with Gasteiger partial charge in [0.05, 0.1) is 32.9 Å². The van der Waals surface area contributed by atoms with Gasteiger partial charge in [0.2, 0.25) is 0 Å². The molecule has 0 fully saturated rings. The molecule has 1 atom stereocenters. The maximum Gasteiger partial charge on any atom is 0.337 e. The third kappa shape index (κ3) is 3.10. The van der Waals surface area contributed by atoms with Gasteiger partial charge < -0.3 is 24.4 Å². The van der Waals surface area contributed by atoms with Gasteiger partial charge in [-0.2, -0.15) is 0 Å². The lowest BCUT2D eigenvalue weighted by Gasteiger charge is -2.35. The Balaban J connectivity index is 2.55. The Labute approximate surface area is 141 Å². The van der Waals surface area contributed by atoms with E-state index in [4.69, 9.17) is 26.4 Å². The maximum absolute atomic E-state index is 12.2. The van der Waals surface area contributed by atoms with Crippen LogP contribution in [-0.2, 0) is 9.53 Å². The molecule has 0 aliphatic carbocycles. The molecule has 0 amide bonds. The van der Waals surface area contributed by atoms with Crippen LogP contribution in [0.4, 0.5) is 0 Å². The molecule has 0 aromatic heterocycles. The van der Waals surface area contributed by atoms with Gasteiger partial charge in [-0.1, -0.05) is 6.07 Å². The second kappa shape index (κ2) is 6.87. The molecule has 124 valence electrons. The van der Waals surface area contributed by atoms with Crippen molar-refractivity contribution in [2.45, 2.75) is 13.0 Å². The van der Waals surface area contributed by atoms with Crippen LogP contribution in [0.15, 0.2) is 29.5 Å². The number of hydrogen-bond donors (Lipinski definition) is 1. The molecule has 6 nitrogen and oxygen atoms in total. The second-order valence-electron chi connectivity index (χ2n) is 5.05. The van der Waals surface area contributed by atoms with Gasteiger partial charge in [0.1, 0.15) is 0 Å². The van der Waals surface area contributed by atoms with Crippen molar-refractivity contribution in [3.05, 3.63) is 35.0 Å². The van der Waals surface area contributed by atoms with Gasteiger partial charge in [-0.3, -0.25) is 0 Å². The minimum Gasteiger partial charge on any atom is -0.493 e. The van der Waals surface area contributed by atoms with Gasteiger partial charge in [-0.15, -0.1) is 0 Å². The van der Waals surface area contributed by atoms with Crippen LogP contribution in [0.3, 0.4) is 0 Å². The SMILES string of the molecule is COC(=O)C1=C(C)N(C)C(=S)NC1c1ccc(OC)c(OC)c1. The zero-order chi connectivity index (χ0) is 17.1. The first kappa shape index (κ1) is 17.1. The quantitative estimate of drug-likeness (QED) is 0.667. The number of allylic oxidation sites excluding steroid dienone is 1. The lowest BCUT2D eigenvalue weighted by molar-refractivity contribution is -0.136. The summed E-state index contributed by atoms with van der Waals surface area (Å²) in [6.07, 6.45) is 0. The number of esters is 1. The van der Waals surface area contributed by atoms with Gasteiger partial charge in [-0.25, -0.2) is 4.79 Å². The van der Waals surface area contributed by atoms with E-state index in [2.05, 4.69) is 5.32 Å². The molecule has 1 heterocycles. The normalized spacial score (nSPS) is 17.7. The van der Waals surface area contributed by atoms with Crippen LogP contribution in [0.2, 0.25) is 0 Å². The number of carbonyl (C=O) groups is 1. The van der Waals surface area contributed by atoms with Crippen molar-refractivity contribution in [3.63, 3.8) is 0 Å². The zero-order valence-corrected chi connectivity index (χ0v) is 14.6. The first-order chi connectivity index (χ1) is 10.9. The Kier molecular flexibility index (Phi) is 5.10. The van der Waals surface area contributed by atoms with Gasteiger partial charge in [-0.05, 0) is 36.8 Å². The molecule has 0 radical (unpaired) electrons. The van der Waals surface area contributed by atoms with Gasteiger partial charge in [0, 0.05) is 12.7 Å². The summed E-state index contributed by atoms with van der Waals surface area (Å²) in [6.45, 7) is 1.84. The summed E-state index contributed by atoms with van der Waals surface area (Å²) < 4.78 is 15.5. The maximum atomic E-state index is 12.2. The Morgan fingerprint density at radius 3 is 2.43 bits per heavy atom. The van der Waals surface area contributed by atoms with Crippen molar-refractivity contribution in [2.24, 2.45) is 0 Å². The summed E-state index contributed by atoms with van der Waals surface area (Å²) in [6, 6.07) is 5.07. The van der Waals surface area contributed by atoms with Crippen LogP contribution in [0, 0.1) is 0 Å². The number of benzene rings is 1. The van der Waals surface area contributed by atoms with Crippen LogP contribution in [-0.4, -0.2) is 44.4 Å². The largest absolute Gasteiger partial charge is 0.493 e. The summed E-state index contributed by atoms with van der Waals surface area (Å²) in [5.41, 5.74) is 2.09. The summed E-state index contributed by atoms with van der Waals surface area (Å²) in [4.78, 5) is 14.0. The first-order valence-electron chi connectivity index (χ1n) is 6.99. The molecule has 0 saturated heterocycles. The third-order valence-corrected chi connectivity index (χ3v) is 4.29. The fourth-order valence-corrected chi connectivity index (χ4v) is 2.75. The minimum absolute atomic E-state index is 0.399. The number of ether oxygens (including phenoxy) is 3. The molecule has 2 rings (SSSR count). The molecule has 0 saturated carbocycles. The summed E-state index contributed by atoms with van der Waals surface area (Å²) in [5.74, 6) is 0.801. The minimum atomic E-state index is -0.411. The van der Waals surface area contributed by atoms with E-state index in [1.54, 1.807) is 32.2 Å². The molecule has 1 N–H and O–H groups in total. The van der Waals surface area contributed by atoms with Crippen molar-refractivity contribution >= 4 is 23.3 Å². The van der Waals surface area contributed by atoms with Gasteiger partial charge in [0.15, 0.2) is 16.6 Å². The number of rotatable bonds is 4. The molecule has 1 aromatic carbocycles. The molecule has 1 unspecified atom stereocenters. The molecule has 1 aromatic rings. The van der Waals surface area contributed by atoms with Crippen LogP contribution < -0.4 is 14.8 Å². The van der Waals surface area contributed by atoms with Crippen LogP contribution in [0.5, 0.6) is 11.5 Å². The predicted octanol–water partition coefficient (Wildman–Crippen LogP) is 2.01. The highest BCUT2D eigenvalue weighted by Crippen LogP contribution is 2.35. The van der Waals surface area contributed by atoms with Crippen molar-refractivity contribution in [3.8, 4) is 11.5 Å². The Morgan fingerprint density at radius 2 is 1.87 bits per heavy atom. The summed E-state index contributed by atoms with van der Waals surface area (Å²) in [7, 11) is 6.31. The molecule has 7 heteroatoms. The van der Waals surface area contributed by atoms with E-state index in [0.29, 0.717) is 22.2 Å². The lowest BCUT2D eigenvalue weighted by Crippen LogP contribution is -2.46. The molecule has 0 bridgehead atoms. The highest BCUT2D eigenvalue weighted by Gasteiger charge is 2.33. The molecule has 0 spiro atoms. The number of carbonyl (C=O) groups excluding carboxylic acids is 1. The number of hydrogen-bond acceptors (Lipinski definition) is 5. The molecular formula is C16H20N2O4S. The van der Waals surface area contributed by atoms with Crippen LogP contribution >= 0.6 is 12.2 Å². The predicted molar refractivity (Wildman–Crippen MR) is 90.5 cm³/mol. The topological polar surface area (TPSA) is 60.0 Å². The van der Waals surface area contributed by atoms with E-state index >= 15 is 0 Å². The number of nitrogens with one attached hydrogen (secondary N) is 1. The van der Waals surface area contributed by atoms with Gasteiger partial charge in [0.25, 0.3) is 0 Å². The van der Waals surface area contributed by atoms with Gasteiger partial charge >= 0.3 is 5.97 Å². The van der Waals surface area contributed by atoms with Crippen molar-refractivity contribution in [2.75, 3.05) is 28.4 Å². The smallest absolute Gasteiger partial charge is 0.337 e. The molecule has 23 heavy (non-hydrogen) atoms. The molecule has 1 aliphatic heterocycles. The number of methoxy groups -OCH3 is 3. The number of thiocarbonyl (C=S) groups is 1. The van der Waals surface area contributed by atoms with Crippen LogP contribution in [0.25, 0.3) is 0 Å². The van der Waals surface area contributed by atoms with E-state index in [1.165, 1.54) is 7.11 Å². The van der Waals surface area contributed by atoms with E-state index < -0.39 is 12.0 Å². The average molecular weight is 336 g/mol. The average Bonchev–Trinajstić information content (AvgIpc) is 2.58. The fourth-order valence-electron chi connectivity index (χ4n) is 2.49. The second-order valence-corrected chi connectivity index (χ2v) is 5.43. The van der Waals surface area contributed by atoms with Crippen molar-refractivity contribution in [1.82, 2.24) is 10.2 Å². The Bertz CT molecular complexity index is 672. The monoisotopic (exact) mass is 336 g/mol. The lowest BCUT2D eigenvalue weighted by atomic mass is 9.95. The highest BCUT2D eigenvalue weighted by molar-refractivity contribution is 7.80. The van der Waals surface area contributed by atoms with E-state index in [9.17, 15) is 4.79 Å². The van der Waals surface area contributed by atoms with E-state index in [-0.39, 0.29) is 0 Å². The van der Waals surface area contributed by atoms with E-state index in [0.717, 1.165) is 11.3 Å². The third-order valence-electron chi connectivity index (χ3n) is 3.90. The van der Waals surface area contributed by atoms with Crippen molar-refractivity contribution < 1.29 is 19.0 Å². The first-order valence-corrected chi connectivity index (χ1v) is 7.40. The molecular weight excluding hydrogens is 316 g/mol. The fraction of sp³-hybridized carbons (Fsp3) is 0.375. The van der Waals surface area contributed by atoms with E-state index in [1.807, 2.05) is 19.1 Å². The Hall–Kier alpha value is -2.28. The van der Waals surface area contributed by atoms with Crippen molar-refractivity contribution in [1.29, 1.82) is 0 Å². The standard InChI is InChI=1S/C16H20N2O4S/c1-9-13(15(19)22-5)14(17-16(23)18(9)2)10-6-7-11(20-3)12(8-10)21-4/h6-8,14H,1-5H3,(H,17,23). The van der Waals surface area contributed by atoms with Crippen LogP contribution in [0.1, 0.15) is 18.5 Å². The Morgan fingerprint density at radius 1 is 1.22 bits per heavy atom. The zero-order valence-electron chi connectivity index (χ0n) is 13.8. The molecule has 1 aliphatic rings. The highest BCUT2D eigenvalue weighted by atomic mass is 32.1. The number of nitrogens with zero attached hydrogens (tertiary/aromatic N) is 1. The summed E-state index contributed by atoms with van der Waals surface area (Å²) in [5, 5.41) is 3.71.